The molecule has 0 aliphatic carbocycles. The number of rotatable bonds is 3. The van der Waals surface area contributed by atoms with Crippen LogP contribution in [0.1, 0.15) is 41.5 Å². The second-order valence-corrected chi connectivity index (χ2v) is 7.98. The van der Waals surface area contributed by atoms with Gasteiger partial charge in [0.25, 0.3) is 0 Å². The van der Waals surface area contributed by atoms with E-state index in [1.54, 1.807) is 12.3 Å². The van der Waals surface area contributed by atoms with Crippen molar-refractivity contribution in [2.24, 2.45) is 0 Å². The van der Waals surface area contributed by atoms with Crippen LogP contribution >= 0.6 is 11.8 Å². The van der Waals surface area contributed by atoms with Gasteiger partial charge >= 0.3 is 11.9 Å². The summed E-state index contributed by atoms with van der Waals surface area (Å²) >= 11 is 1.48. The highest BCUT2D eigenvalue weighted by molar-refractivity contribution is 8.01. The van der Waals surface area contributed by atoms with Crippen molar-refractivity contribution in [1.82, 2.24) is 4.90 Å². The molecule has 3 unspecified atom stereocenters. The fourth-order valence-corrected chi connectivity index (χ4v) is 3.48. The lowest BCUT2D eigenvalue weighted by atomic mass is 10.1. The summed E-state index contributed by atoms with van der Waals surface area (Å²) in [6, 6.07) is 0. The summed E-state index contributed by atoms with van der Waals surface area (Å²) in [5.41, 5.74) is 0. The van der Waals surface area contributed by atoms with E-state index < -0.39 is 29.5 Å². The van der Waals surface area contributed by atoms with Gasteiger partial charge in [0.05, 0.1) is 0 Å². The van der Waals surface area contributed by atoms with Gasteiger partial charge in [0.1, 0.15) is 5.37 Å². The molecule has 22 heavy (non-hydrogen) atoms. The molecule has 0 aromatic rings. The van der Waals surface area contributed by atoms with Gasteiger partial charge in [-0.25, -0.2) is 0 Å². The third-order valence-corrected chi connectivity index (χ3v) is 4.20. The lowest BCUT2D eigenvalue weighted by Gasteiger charge is -2.41. The highest BCUT2D eigenvalue weighted by atomic mass is 32.2. The Hall–Kier alpha value is -1.50. The van der Waals surface area contributed by atoms with Crippen LogP contribution in [0.25, 0.3) is 0 Å². The van der Waals surface area contributed by atoms with Gasteiger partial charge < -0.3 is 14.4 Å². The van der Waals surface area contributed by atoms with Crippen LogP contribution in [-0.4, -0.2) is 45.1 Å². The summed E-state index contributed by atoms with van der Waals surface area (Å²) < 4.78 is 10.4. The Labute approximate surface area is 135 Å². The number of hydrogen-bond donors (Lipinski definition) is 0. The fourth-order valence-electron chi connectivity index (χ4n) is 2.08. The van der Waals surface area contributed by atoms with Gasteiger partial charge in [-0.15, -0.1) is 11.8 Å². The second kappa shape index (κ2) is 7.17. The van der Waals surface area contributed by atoms with E-state index in [4.69, 9.17) is 9.47 Å². The molecule has 0 bridgehead atoms. The number of thioether (sulfide) groups is 1. The van der Waals surface area contributed by atoms with E-state index in [-0.39, 0.29) is 10.7 Å². The van der Waals surface area contributed by atoms with Crippen LogP contribution in [0.2, 0.25) is 0 Å². The quantitative estimate of drug-likeness (QED) is 0.738. The van der Waals surface area contributed by atoms with E-state index in [1.807, 2.05) is 20.8 Å². The fraction of sp³-hybridized carbons (Fsp3) is 0.667. The first-order valence-electron chi connectivity index (χ1n) is 7.01. The normalized spacial score (nSPS) is 24.8. The Bertz CT molecular complexity index is 483. The van der Waals surface area contributed by atoms with Crippen molar-refractivity contribution in [2.45, 2.75) is 63.9 Å². The summed E-state index contributed by atoms with van der Waals surface area (Å²) in [6.45, 7) is 10.0. The van der Waals surface area contributed by atoms with Crippen LogP contribution in [0.3, 0.4) is 0 Å². The number of hydrogen-bond acceptors (Lipinski definition) is 6. The maximum absolute atomic E-state index is 11.9. The molecular weight excluding hydrogens is 306 g/mol. The molecule has 1 aliphatic heterocycles. The SMILES string of the molecule is CC(=O)OC1C=CN(C(C)=O)C(SC(C)(C)C)C1OC(C)=O. The molecule has 7 heteroatoms. The second-order valence-electron chi connectivity index (χ2n) is 6.04. The van der Waals surface area contributed by atoms with Crippen LogP contribution in [-0.2, 0) is 23.9 Å². The lowest BCUT2D eigenvalue weighted by Crippen LogP contribution is -2.53. The number of ether oxygens (including phenoxy) is 2. The van der Waals surface area contributed by atoms with Crippen molar-refractivity contribution in [3.05, 3.63) is 12.3 Å². The average Bonchev–Trinajstić information content (AvgIpc) is 2.29. The van der Waals surface area contributed by atoms with Crippen LogP contribution in [0.4, 0.5) is 0 Å². The summed E-state index contributed by atoms with van der Waals surface area (Å²) in [4.78, 5) is 36.1. The molecule has 3 atom stereocenters. The number of esters is 2. The van der Waals surface area contributed by atoms with Crippen LogP contribution in [0.15, 0.2) is 12.3 Å². The van der Waals surface area contributed by atoms with Gasteiger partial charge in [-0.1, -0.05) is 20.8 Å². The van der Waals surface area contributed by atoms with E-state index in [2.05, 4.69) is 0 Å². The molecule has 0 fully saturated rings. The molecule has 0 radical (unpaired) electrons. The predicted molar refractivity (Wildman–Crippen MR) is 83.9 cm³/mol. The molecule has 0 saturated carbocycles. The zero-order chi connectivity index (χ0) is 17.1. The van der Waals surface area contributed by atoms with Crippen molar-refractivity contribution >= 4 is 29.6 Å². The number of nitrogens with zero attached hydrogens (tertiary/aromatic N) is 1. The van der Waals surface area contributed by atoms with Crippen LogP contribution in [0, 0.1) is 0 Å². The molecule has 1 heterocycles. The maximum atomic E-state index is 11.9. The first-order valence-corrected chi connectivity index (χ1v) is 7.88. The zero-order valence-corrected chi connectivity index (χ0v) is 14.6. The number of amides is 1. The zero-order valence-electron chi connectivity index (χ0n) is 13.8. The van der Waals surface area contributed by atoms with Gasteiger partial charge in [-0.05, 0) is 6.08 Å². The van der Waals surface area contributed by atoms with E-state index in [1.165, 1.54) is 37.4 Å². The van der Waals surface area contributed by atoms with Gasteiger partial charge in [0.15, 0.2) is 12.2 Å². The number of carbonyl (C=O) groups is 3. The van der Waals surface area contributed by atoms with Crippen molar-refractivity contribution < 1.29 is 23.9 Å². The highest BCUT2D eigenvalue weighted by Gasteiger charge is 2.42. The van der Waals surface area contributed by atoms with E-state index in [0.717, 1.165) is 0 Å². The molecule has 0 saturated heterocycles. The van der Waals surface area contributed by atoms with Gasteiger partial charge in [-0.2, -0.15) is 0 Å². The lowest BCUT2D eigenvalue weighted by molar-refractivity contribution is -0.165. The average molecular weight is 329 g/mol. The largest absolute Gasteiger partial charge is 0.455 e. The topological polar surface area (TPSA) is 72.9 Å². The molecule has 0 spiro atoms. The first kappa shape index (κ1) is 18.5. The Balaban J connectivity index is 3.18. The van der Waals surface area contributed by atoms with Crippen molar-refractivity contribution in [2.75, 3.05) is 0 Å². The maximum Gasteiger partial charge on any atom is 0.303 e. The molecule has 6 nitrogen and oxygen atoms in total. The highest BCUT2D eigenvalue weighted by Crippen LogP contribution is 2.37. The van der Waals surface area contributed by atoms with Crippen molar-refractivity contribution in [3.8, 4) is 0 Å². The number of carbonyl (C=O) groups excluding carboxylic acids is 3. The van der Waals surface area contributed by atoms with E-state index >= 15 is 0 Å². The third-order valence-electron chi connectivity index (χ3n) is 2.76. The van der Waals surface area contributed by atoms with Gasteiger partial charge in [0, 0.05) is 31.7 Å². The van der Waals surface area contributed by atoms with Crippen molar-refractivity contribution in [1.29, 1.82) is 0 Å². The summed E-state index contributed by atoms with van der Waals surface area (Å²) in [5.74, 6) is -1.13. The molecule has 1 amide bonds. The third kappa shape index (κ3) is 5.36. The minimum absolute atomic E-state index is 0.170. The van der Waals surface area contributed by atoms with E-state index in [0.29, 0.717) is 0 Å². The molecule has 1 rings (SSSR count). The molecule has 0 aromatic carbocycles. The molecule has 1 aliphatic rings. The Morgan fingerprint density at radius 3 is 2.00 bits per heavy atom. The van der Waals surface area contributed by atoms with Crippen molar-refractivity contribution in [3.63, 3.8) is 0 Å². The van der Waals surface area contributed by atoms with Crippen LogP contribution in [0.5, 0.6) is 0 Å². The van der Waals surface area contributed by atoms with Gasteiger partial charge in [0.2, 0.25) is 5.91 Å². The molecule has 124 valence electrons. The molecule has 0 N–H and O–H groups in total. The minimum Gasteiger partial charge on any atom is -0.455 e. The standard InChI is InChI=1S/C15H23NO5S/c1-9(17)16-8-7-12(20-10(2)18)13(21-11(3)19)14(16)22-15(4,5)6/h7-8,12-14H,1-6H3. The van der Waals surface area contributed by atoms with E-state index in [9.17, 15) is 14.4 Å². The Morgan fingerprint density at radius 2 is 1.59 bits per heavy atom. The first-order chi connectivity index (χ1) is 10.0. The summed E-state index contributed by atoms with van der Waals surface area (Å²) in [6.07, 6.45) is 1.69. The molecular formula is C15H23NO5S. The smallest absolute Gasteiger partial charge is 0.303 e. The van der Waals surface area contributed by atoms with Crippen LogP contribution < -0.4 is 0 Å². The minimum atomic E-state index is -0.750. The Morgan fingerprint density at radius 1 is 1.05 bits per heavy atom. The van der Waals surface area contributed by atoms with Gasteiger partial charge in [-0.3, -0.25) is 14.4 Å². The summed E-state index contributed by atoms with van der Waals surface area (Å²) in [5, 5.41) is -0.462. The summed E-state index contributed by atoms with van der Waals surface area (Å²) in [7, 11) is 0. The predicted octanol–water partition coefficient (Wildman–Crippen LogP) is 2.08. The molecule has 0 aromatic heterocycles. The monoisotopic (exact) mass is 329 g/mol. The Kier molecular flexibility index (Phi) is 6.05.